The average Bonchev–Trinajstić information content (AvgIpc) is 3.02. The van der Waals surface area contributed by atoms with Crippen molar-refractivity contribution in [3.05, 3.63) is 65.9 Å². The van der Waals surface area contributed by atoms with Gasteiger partial charge in [0.1, 0.15) is 11.6 Å². The van der Waals surface area contributed by atoms with Crippen LogP contribution in [0, 0.1) is 0 Å². The van der Waals surface area contributed by atoms with Crippen molar-refractivity contribution < 1.29 is 9.59 Å². The summed E-state index contributed by atoms with van der Waals surface area (Å²) < 4.78 is 0. The molecule has 1 aromatic carbocycles. The second kappa shape index (κ2) is 13.9. The molecule has 10 nitrogen and oxygen atoms in total. The average molecular weight is 557 g/mol. The summed E-state index contributed by atoms with van der Waals surface area (Å²) in [5.74, 6) is 1.12. The van der Waals surface area contributed by atoms with E-state index in [-0.39, 0.29) is 11.9 Å². The van der Waals surface area contributed by atoms with Crippen LogP contribution in [-0.4, -0.2) is 66.1 Å². The van der Waals surface area contributed by atoms with Crippen molar-refractivity contribution in [1.82, 2.24) is 25.5 Å². The zero-order valence-electron chi connectivity index (χ0n) is 23.6. The van der Waals surface area contributed by atoms with E-state index in [4.69, 9.17) is 10.7 Å². The fourth-order valence-electron chi connectivity index (χ4n) is 5.36. The molecule has 0 spiro atoms. The van der Waals surface area contributed by atoms with Crippen LogP contribution in [0.5, 0.6) is 0 Å². The van der Waals surface area contributed by atoms with Crippen molar-refractivity contribution in [2.75, 3.05) is 55.2 Å². The summed E-state index contributed by atoms with van der Waals surface area (Å²) in [7, 11) is 0. The molecule has 0 unspecified atom stereocenters. The molecule has 0 saturated carbocycles. The van der Waals surface area contributed by atoms with E-state index in [1.807, 2.05) is 42.5 Å². The summed E-state index contributed by atoms with van der Waals surface area (Å²) in [5, 5.41) is 8.80. The van der Waals surface area contributed by atoms with E-state index >= 15 is 0 Å². The third kappa shape index (κ3) is 7.94. The minimum absolute atomic E-state index is 0.0676. The first-order chi connectivity index (χ1) is 20.0. The number of aromatic nitrogens is 2. The zero-order valence-corrected chi connectivity index (χ0v) is 23.6. The van der Waals surface area contributed by atoms with Gasteiger partial charge in [-0.1, -0.05) is 24.6 Å². The Balaban J connectivity index is 1.23. The highest BCUT2D eigenvalue weighted by Crippen LogP contribution is 2.27. The number of benzene rings is 1. The van der Waals surface area contributed by atoms with E-state index in [1.54, 1.807) is 12.3 Å². The van der Waals surface area contributed by atoms with Crippen LogP contribution in [0.25, 0.3) is 11.3 Å². The molecule has 0 atom stereocenters. The third-order valence-corrected chi connectivity index (χ3v) is 7.68. The Bertz CT molecular complexity index is 1300. The molecule has 0 aliphatic carbocycles. The standard InChI is InChI=1S/C31H40N8O2/c32-28-14-7-23(21-34-28)22-35-31(41)36-25-10-8-24(9-11-25)27-13-12-26(29(37-27)39-18-5-2-6-19-39)30(40)33-15-20-38-16-3-1-4-17-38/h7-14,21H,1-6,15-20,22H2,(H2,32,34)(H,33,40)(H2,35,36,41). The van der Waals surface area contributed by atoms with Gasteiger partial charge in [0.05, 0.1) is 11.3 Å². The van der Waals surface area contributed by atoms with Crippen molar-refractivity contribution >= 4 is 29.3 Å². The number of amides is 3. The minimum atomic E-state index is -0.310. The molecule has 4 heterocycles. The molecular formula is C31H40N8O2. The number of hydrogen-bond donors (Lipinski definition) is 4. The van der Waals surface area contributed by atoms with E-state index in [9.17, 15) is 9.59 Å². The van der Waals surface area contributed by atoms with E-state index in [1.165, 1.54) is 25.7 Å². The lowest BCUT2D eigenvalue weighted by molar-refractivity contribution is 0.0946. The number of anilines is 3. The Morgan fingerprint density at radius 2 is 1.56 bits per heavy atom. The normalized spacial score (nSPS) is 15.8. The molecule has 216 valence electrons. The van der Waals surface area contributed by atoms with Gasteiger partial charge in [-0.3, -0.25) is 4.79 Å². The maximum atomic E-state index is 13.3. The van der Waals surface area contributed by atoms with E-state index in [2.05, 4.69) is 30.7 Å². The molecule has 2 aromatic heterocycles. The van der Waals surface area contributed by atoms with Crippen LogP contribution in [0.15, 0.2) is 54.7 Å². The lowest BCUT2D eigenvalue weighted by Gasteiger charge is -2.30. The van der Waals surface area contributed by atoms with Gasteiger partial charge in [-0.25, -0.2) is 14.8 Å². The summed E-state index contributed by atoms with van der Waals surface area (Å²) in [5.41, 5.74) is 9.47. The molecular weight excluding hydrogens is 516 g/mol. The number of nitrogens with two attached hydrogens (primary N) is 1. The lowest BCUT2D eigenvalue weighted by Crippen LogP contribution is -2.38. The van der Waals surface area contributed by atoms with Gasteiger partial charge in [0.2, 0.25) is 0 Å². The van der Waals surface area contributed by atoms with Crippen LogP contribution in [0.2, 0.25) is 0 Å². The molecule has 5 rings (SSSR count). The van der Waals surface area contributed by atoms with E-state index in [0.29, 0.717) is 30.2 Å². The highest BCUT2D eigenvalue weighted by Gasteiger charge is 2.21. The van der Waals surface area contributed by atoms with Gasteiger partial charge in [0.15, 0.2) is 0 Å². The lowest BCUT2D eigenvalue weighted by atomic mass is 10.1. The summed E-state index contributed by atoms with van der Waals surface area (Å²) in [6.45, 7) is 5.89. The molecule has 2 saturated heterocycles. The third-order valence-electron chi connectivity index (χ3n) is 7.68. The first kappa shape index (κ1) is 28.4. The van der Waals surface area contributed by atoms with Crippen molar-refractivity contribution in [2.45, 2.75) is 45.1 Å². The number of urea groups is 1. The molecule has 10 heteroatoms. The van der Waals surface area contributed by atoms with E-state index in [0.717, 1.165) is 68.2 Å². The van der Waals surface area contributed by atoms with Crippen molar-refractivity contribution in [3.63, 3.8) is 0 Å². The predicted molar refractivity (Wildman–Crippen MR) is 163 cm³/mol. The Morgan fingerprint density at radius 1 is 0.829 bits per heavy atom. The van der Waals surface area contributed by atoms with Gasteiger partial charge >= 0.3 is 6.03 Å². The highest BCUT2D eigenvalue weighted by atomic mass is 16.2. The second-order valence-electron chi connectivity index (χ2n) is 10.7. The van der Waals surface area contributed by atoms with Gasteiger partial charge < -0.3 is 31.5 Å². The number of hydrogen-bond acceptors (Lipinski definition) is 7. The van der Waals surface area contributed by atoms with Crippen molar-refractivity contribution in [1.29, 1.82) is 0 Å². The van der Waals surface area contributed by atoms with Crippen LogP contribution in [0.3, 0.4) is 0 Å². The molecule has 2 aliphatic rings. The second-order valence-corrected chi connectivity index (χ2v) is 10.7. The van der Waals surface area contributed by atoms with Crippen molar-refractivity contribution in [2.24, 2.45) is 0 Å². The quantitative estimate of drug-likeness (QED) is 0.310. The Kier molecular flexibility index (Phi) is 9.64. The van der Waals surface area contributed by atoms with Crippen LogP contribution in [0.1, 0.15) is 54.4 Å². The first-order valence-corrected chi connectivity index (χ1v) is 14.7. The SMILES string of the molecule is Nc1ccc(CNC(=O)Nc2ccc(-c3ccc(C(=O)NCCN4CCCCC4)c(N4CCCCC4)n3)cc2)cn1. The summed E-state index contributed by atoms with van der Waals surface area (Å²) >= 11 is 0. The number of pyridine rings is 2. The highest BCUT2D eigenvalue weighted by molar-refractivity contribution is 5.99. The molecule has 0 bridgehead atoms. The number of nitrogen functional groups attached to an aromatic ring is 1. The number of piperidine rings is 2. The van der Waals surface area contributed by atoms with Gasteiger partial charge in [0.25, 0.3) is 5.91 Å². The molecule has 3 aromatic rings. The Morgan fingerprint density at radius 3 is 2.27 bits per heavy atom. The molecule has 5 N–H and O–H groups in total. The Labute approximate surface area is 241 Å². The molecule has 0 radical (unpaired) electrons. The number of nitrogens with one attached hydrogen (secondary N) is 3. The van der Waals surface area contributed by atoms with Gasteiger partial charge in [-0.05, 0) is 81.1 Å². The van der Waals surface area contributed by atoms with Gasteiger partial charge in [-0.2, -0.15) is 0 Å². The van der Waals surface area contributed by atoms with Gasteiger partial charge in [-0.15, -0.1) is 0 Å². The number of nitrogens with zero attached hydrogens (tertiary/aromatic N) is 4. The topological polar surface area (TPSA) is 129 Å². The van der Waals surface area contributed by atoms with Crippen LogP contribution in [-0.2, 0) is 6.54 Å². The molecule has 2 fully saturated rings. The van der Waals surface area contributed by atoms with Crippen LogP contribution in [0.4, 0.5) is 22.1 Å². The number of carbonyl (C=O) groups excluding carboxylic acids is 2. The summed E-state index contributed by atoms with van der Waals surface area (Å²) in [6, 6.07) is 14.6. The monoisotopic (exact) mass is 556 g/mol. The molecule has 2 aliphatic heterocycles. The van der Waals surface area contributed by atoms with Crippen molar-refractivity contribution in [3.8, 4) is 11.3 Å². The van der Waals surface area contributed by atoms with Gasteiger partial charge in [0, 0.05) is 50.2 Å². The summed E-state index contributed by atoms with van der Waals surface area (Å²) in [4.78, 5) is 39.3. The minimum Gasteiger partial charge on any atom is -0.384 e. The zero-order chi connectivity index (χ0) is 28.4. The number of likely N-dealkylation sites (tertiary alicyclic amines) is 1. The van der Waals surface area contributed by atoms with Crippen LogP contribution < -0.4 is 26.6 Å². The predicted octanol–water partition coefficient (Wildman–Crippen LogP) is 4.25. The molecule has 3 amide bonds. The van der Waals surface area contributed by atoms with E-state index < -0.39 is 0 Å². The summed E-state index contributed by atoms with van der Waals surface area (Å²) in [6.07, 6.45) is 8.82. The largest absolute Gasteiger partial charge is 0.384 e. The first-order valence-electron chi connectivity index (χ1n) is 14.7. The fraction of sp³-hybridized carbons (Fsp3) is 0.419. The molecule has 41 heavy (non-hydrogen) atoms. The fourth-order valence-corrected chi connectivity index (χ4v) is 5.36. The Hall–Kier alpha value is -4.18. The maximum Gasteiger partial charge on any atom is 0.319 e. The number of carbonyl (C=O) groups is 2. The van der Waals surface area contributed by atoms with Crippen LogP contribution >= 0.6 is 0 Å². The maximum absolute atomic E-state index is 13.3. The number of rotatable bonds is 9. The smallest absolute Gasteiger partial charge is 0.319 e.